The summed E-state index contributed by atoms with van der Waals surface area (Å²) in [5, 5.41) is 0. The second-order valence-electron chi connectivity index (χ2n) is 9.93. The van der Waals surface area contributed by atoms with Crippen molar-refractivity contribution in [3.63, 3.8) is 0 Å². The maximum absolute atomic E-state index is 14.6. The molecule has 0 fully saturated rings. The Balaban J connectivity index is 1.46. The summed E-state index contributed by atoms with van der Waals surface area (Å²) in [5.41, 5.74) is 4.50. The van der Waals surface area contributed by atoms with Crippen molar-refractivity contribution in [1.29, 1.82) is 0 Å². The van der Waals surface area contributed by atoms with Crippen LogP contribution in [0.2, 0.25) is 0 Å². The normalized spacial score (nSPS) is 11.1. The van der Waals surface area contributed by atoms with Gasteiger partial charge in [-0.2, -0.15) is 0 Å². The van der Waals surface area contributed by atoms with E-state index in [0.717, 1.165) is 23.3 Å². The Hall–Kier alpha value is -4.08. The zero-order chi connectivity index (χ0) is 27.4. The summed E-state index contributed by atoms with van der Waals surface area (Å²) in [7, 11) is 0. The molecule has 2 nitrogen and oxygen atoms in total. The van der Waals surface area contributed by atoms with Gasteiger partial charge in [0.25, 0.3) is 0 Å². The molecular formula is C37H35NOS. The van der Waals surface area contributed by atoms with Crippen molar-refractivity contribution >= 4 is 17.7 Å². The molecule has 0 aliphatic rings. The predicted octanol–water partition coefficient (Wildman–Crippen LogP) is 8.66. The quantitative estimate of drug-likeness (QED) is 0.116. The van der Waals surface area contributed by atoms with Gasteiger partial charge in [-0.3, -0.25) is 4.79 Å². The first-order valence-electron chi connectivity index (χ1n) is 14.0. The Morgan fingerprint density at radius 1 is 0.550 bits per heavy atom. The highest BCUT2D eigenvalue weighted by Gasteiger charge is 2.29. The largest absolute Gasteiger partial charge is 0.341 e. The summed E-state index contributed by atoms with van der Waals surface area (Å²) in [5.74, 6) is 0.840. The minimum atomic E-state index is -0.351. The Morgan fingerprint density at radius 2 is 0.950 bits per heavy atom. The van der Waals surface area contributed by atoms with E-state index in [2.05, 4.69) is 114 Å². The molecule has 1 amide bonds. The van der Waals surface area contributed by atoms with Crippen molar-refractivity contribution in [1.82, 2.24) is 4.90 Å². The summed E-state index contributed by atoms with van der Waals surface area (Å²) < 4.78 is 0. The molecule has 0 aromatic heterocycles. The molecule has 0 aliphatic heterocycles. The van der Waals surface area contributed by atoms with Crippen molar-refractivity contribution in [2.24, 2.45) is 0 Å². The van der Waals surface area contributed by atoms with Crippen molar-refractivity contribution in [3.8, 4) is 0 Å². The van der Waals surface area contributed by atoms with Crippen molar-refractivity contribution in [3.05, 3.63) is 174 Å². The SMILES string of the molecule is O=C(C(c1ccccc1)c1ccccc1)N(CCCSc1ccccc1)CC(c1ccccc1)c1ccccc1. The molecule has 0 unspecified atom stereocenters. The lowest BCUT2D eigenvalue weighted by molar-refractivity contribution is -0.132. The van der Waals surface area contributed by atoms with Gasteiger partial charge in [0.15, 0.2) is 0 Å². The van der Waals surface area contributed by atoms with Gasteiger partial charge >= 0.3 is 0 Å². The lowest BCUT2D eigenvalue weighted by Crippen LogP contribution is -2.39. The van der Waals surface area contributed by atoms with Crippen molar-refractivity contribution < 1.29 is 4.79 Å². The summed E-state index contributed by atoms with van der Waals surface area (Å²) >= 11 is 1.85. The fraction of sp³-hybridized carbons (Fsp3) is 0.162. The highest BCUT2D eigenvalue weighted by Crippen LogP contribution is 2.31. The molecule has 200 valence electrons. The van der Waals surface area contributed by atoms with E-state index in [-0.39, 0.29) is 17.7 Å². The minimum Gasteiger partial charge on any atom is -0.341 e. The minimum absolute atomic E-state index is 0.0836. The van der Waals surface area contributed by atoms with Gasteiger partial charge in [0.2, 0.25) is 5.91 Å². The zero-order valence-corrected chi connectivity index (χ0v) is 23.5. The molecular weight excluding hydrogens is 506 g/mol. The van der Waals surface area contributed by atoms with Gasteiger partial charge in [-0.25, -0.2) is 0 Å². The molecule has 0 N–H and O–H groups in total. The first kappa shape index (κ1) is 27.5. The van der Waals surface area contributed by atoms with Crippen LogP contribution in [0.25, 0.3) is 0 Å². The Labute approximate surface area is 242 Å². The van der Waals surface area contributed by atoms with Gasteiger partial charge in [0, 0.05) is 23.9 Å². The van der Waals surface area contributed by atoms with E-state index in [1.54, 1.807) is 0 Å². The number of nitrogens with zero attached hydrogens (tertiary/aromatic N) is 1. The third kappa shape index (κ3) is 7.31. The van der Waals surface area contributed by atoms with E-state index < -0.39 is 0 Å². The molecule has 0 saturated heterocycles. The third-order valence-corrected chi connectivity index (χ3v) is 8.31. The van der Waals surface area contributed by atoms with Crippen LogP contribution in [-0.2, 0) is 4.79 Å². The summed E-state index contributed by atoms with van der Waals surface area (Å²) in [6.07, 6.45) is 0.915. The second-order valence-corrected chi connectivity index (χ2v) is 11.1. The zero-order valence-electron chi connectivity index (χ0n) is 22.7. The van der Waals surface area contributed by atoms with Crippen LogP contribution in [0.4, 0.5) is 0 Å². The van der Waals surface area contributed by atoms with Crippen LogP contribution in [0.5, 0.6) is 0 Å². The topological polar surface area (TPSA) is 20.3 Å². The number of carbonyl (C=O) groups excluding carboxylic acids is 1. The number of amides is 1. The standard InChI is InChI=1S/C37H35NOS/c39-37(36(32-21-10-3-11-22-32)33-23-12-4-13-24-33)38(27-16-28-40-34-25-14-5-15-26-34)29-35(30-17-6-1-7-18-30)31-19-8-2-9-20-31/h1-15,17-26,35-36H,16,27-29H2. The first-order valence-corrected chi connectivity index (χ1v) is 14.9. The molecule has 5 rings (SSSR count). The van der Waals surface area contributed by atoms with Crippen LogP contribution < -0.4 is 0 Å². The molecule has 3 heteroatoms. The average molecular weight is 542 g/mol. The number of hydrogen-bond donors (Lipinski definition) is 0. The van der Waals surface area contributed by atoms with E-state index >= 15 is 0 Å². The van der Waals surface area contributed by atoms with Crippen LogP contribution in [0, 0.1) is 0 Å². The molecule has 0 radical (unpaired) electrons. The van der Waals surface area contributed by atoms with E-state index in [1.165, 1.54) is 16.0 Å². The lowest BCUT2D eigenvalue weighted by Gasteiger charge is -2.32. The van der Waals surface area contributed by atoms with Crippen LogP contribution in [-0.4, -0.2) is 29.6 Å². The molecule has 0 spiro atoms. The van der Waals surface area contributed by atoms with E-state index in [4.69, 9.17) is 0 Å². The van der Waals surface area contributed by atoms with Crippen molar-refractivity contribution in [2.75, 3.05) is 18.8 Å². The third-order valence-electron chi connectivity index (χ3n) is 7.22. The smallest absolute Gasteiger partial charge is 0.234 e. The molecule has 5 aromatic rings. The van der Waals surface area contributed by atoms with E-state index in [1.807, 2.05) is 54.2 Å². The molecule has 5 aromatic carbocycles. The highest BCUT2D eigenvalue weighted by molar-refractivity contribution is 7.99. The van der Waals surface area contributed by atoms with Crippen molar-refractivity contribution in [2.45, 2.75) is 23.2 Å². The maximum atomic E-state index is 14.6. The van der Waals surface area contributed by atoms with Crippen LogP contribution in [0.15, 0.2) is 157 Å². The highest BCUT2D eigenvalue weighted by atomic mass is 32.2. The van der Waals surface area contributed by atoms with Crippen LogP contribution >= 0.6 is 11.8 Å². The van der Waals surface area contributed by atoms with Gasteiger partial charge in [-0.1, -0.05) is 140 Å². The molecule has 0 saturated carbocycles. The van der Waals surface area contributed by atoms with Gasteiger partial charge in [0.05, 0.1) is 5.92 Å². The molecule has 0 bridgehead atoms. The maximum Gasteiger partial charge on any atom is 0.234 e. The lowest BCUT2D eigenvalue weighted by atomic mass is 9.87. The Kier molecular flexibility index (Phi) is 9.86. The fourth-order valence-corrected chi connectivity index (χ4v) is 6.06. The van der Waals surface area contributed by atoms with Gasteiger partial charge in [0.1, 0.15) is 0 Å². The summed E-state index contributed by atoms with van der Waals surface area (Å²) in [6.45, 7) is 1.32. The molecule has 0 atom stereocenters. The Bertz CT molecular complexity index is 1350. The van der Waals surface area contributed by atoms with Gasteiger partial charge < -0.3 is 4.90 Å². The monoisotopic (exact) mass is 541 g/mol. The van der Waals surface area contributed by atoms with E-state index in [0.29, 0.717) is 13.1 Å². The predicted molar refractivity (Wildman–Crippen MR) is 168 cm³/mol. The Morgan fingerprint density at radius 3 is 1.40 bits per heavy atom. The number of hydrogen-bond acceptors (Lipinski definition) is 2. The number of carbonyl (C=O) groups is 1. The number of rotatable bonds is 12. The average Bonchev–Trinajstić information content (AvgIpc) is 3.03. The van der Waals surface area contributed by atoms with E-state index in [9.17, 15) is 4.79 Å². The molecule has 0 aliphatic carbocycles. The molecule has 0 heterocycles. The number of thioether (sulfide) groups is 1. The summed E-state index contributed by atoms with van der Waals surface area (Å²) in [4.78, 5) is 18.0. The summed E-state index contributed by atoms with van der Waals surface area (Å²) in [6, 6.07) is 52.1. The number of benzene rings is 5. The fourth-order valence-electron chi connectivity index (χ4n) is 5.20. The van der Waals surface area contributed by atoms with Crippen LogP contribution in [0.1, 0.15) is 40.5 Å². The second kappa shape index (κ2) is 14.3. The van der Waals surface area contributed by atoms with Crippen LogP contribution in [0.3, 0.4) is 0 Å². The van der Waals surface area contributed by atoms with Gasteiger partial charge in [-0.15, -0.1) is 11.8 Å². The molecule has 40 heavy (non-hydrogen) atoms. The van der Waals surface area contributed by atoms with Gasteiger partial charge in [-0.05, 0) is 46.6 Å². The first-order chi connectivity index (χ1) is 19.8.